The van der Waals surface area contributed by atoms with Gasteiger partial charge in [-0.1, -0.05) is 0 Å². The van der Waals surface area contributed by atoms with E-state index in [9.17, 15) is 4.79 Å². The van der Waals surface area contributed by atoms with Gasteiger partial charge in [0.25, 0.3) is 0 Å². The van der Waals surface area contributed by atoms with E-state index in [2.05, 4.69) is 19.8 Å². The Hall–Kier alpha value is -2.64. The minimum Gasteiger partial charge on any atom is -0.464 e. The average molecular weight is 262 g/mol. The van der Waals surface area contributed by atoms with Gasteiger partial charge in [-0.15, -0.1) is 0 Å². The van der Waals surface area contributed by atoms with Gasteiger partial charge in [0.15, 0.2) is 11.5 Å². The molecule has 0 saturated heterocycles. The SMILES string of the molecule is COC(=O)c1nn(-c2ccnc(N(C)C)n2)cc1N. The van der Waals surface area contributed by atoms with E-state index >= 15 is 0 Å². The molecule has 0 fully saturated rings. The molecule has 0 bridgehead atoms. The molecule has 0 saturated carbocycles. The molecule has 0 aliphatic heterocycles. The van der Waals surface area contributed by atoms with Crippen LogP contribution in [0.5, 0.6) is 0 Å². The number of nitrogen functional groups attached to an aromatic ring is 1. The van der Waals surface area contributed by atoms with E-state index < -0.39 is 5.97 Å². The highest BCUT2D eigenvalue weighted by Crippen LogP contribution is 2.14. The summed E-state index contributed by atoms with van der Waals surface area (Å²) in [5.74, 6) is 0.463. The third-order valence-electron chi connectivity index (χ3n) is 2.38. The normalized spacial score (nSPS) is 10.3. The fraction of sp³-hybridized carbons (Fsp3) is 0.273. The molecule has 0 amide bonds. The second kappa shape index (κ2) is 4.92. The maximum absolute atomic E-state index is 11.4. The largest absolute Gasteiger partial charge is 0.464 e. The monoisotopic (exact) mass is 262 g/mol. The lowest BCUT2D eigenvalue weighted by atomic mass is 10.4. The van der Waals surface area contributed by atoms with Crippen molar-refractivity contribution in [3.05, 3.63) is 24.2 Å². The van der Waals surface area contributed by atoms with Crippen LogP contribution in [-0.2, 0) is 4.74 Å². The molecule has 2 heterocycles. The third-order valence-corrected chi connectivity index (χ3v) is 2.38. The summed E-state index contributed by atoms with van der Waals surface area (Å²) in [7, 11) is 4.93. The van der Waals surface area contributed by atoms with Crippen LogP contribution in [0.1, 0.15) is 10.5 Å². The van der Waals surface area contributed by atoms with Crippen LogP contribution in [0.3, 0.4) is 0 Å². The Morgan fingerprint density at radius 3 is 2.84 bits per heavy atom. The van der Waals surface area contributed by atoms with Crippen molar-refractivity contribution < 1.29 is 9.53 Å². The fourth-order valence-electron chi connectivity index (χ4n) is 1.44. The molecule has 2 rings (SSSR count). The number of esters is 1. The summed E-state index contributed by atoms with van der Waals surface area (Å²) in [6, 6.07) is 1.67. The molecular formula is C11H14N6O2. The first-order valence-electron chi connectivity index (χ1n) is 5.47. The van der Waals surface area contributed by atoms with Crippen LogP contribution in [0.2, 0.25) is 0 Å². The summed E-state index contributed by atoms with van der Waals surface area (Å²) < 4.78 is 6.01. The summed E-state index contributed by atoms with van der Waals surface area (Å²) in [6.45, 7) is 0. The maximum atomic E-state index is 11.4. The molecule has 100 valence electrons. The van der Waals surface area contributed by atoms with Crippen LogP contribution in [0, 0.1) is 0 Å². The van der Waals surface area contributed by atoms with Crippen molar-refractivity contribution in [3.63, 3.8) is 0 Å². The number of carbonyl (C=O) groups excluding carboxylic acids is 1. The quantitative estimate of drug-likeness (QED) is 0.783. The van der Waals surface area contributed by atoms with Gasteiger partial charge in [0.1, 0.15) is 0 Å². The Morgan fingerprint density at radius 2 is 2.21 bits per heavy atom. The molecule has 0 aromatic carbocycles. The van der Waals surface area contributed by atoms with E-state index in [1.165, 1.54) is 18.0 Å². The summed E-state index contributed by atoms with van der Waals surface area (Å²) in [5.41, 5.74) is 6.01. The minimum atomic E-state index is -0.585. The molecule has 19 heavy (non-hydrogen) atoms. The number of ether oxygens (including phenoxy) is 1. The van der Waals surface area contributed by atoms with Gasteiger partial charge in [0.2, 0.25) is 5.95 Å². The molecule has 0 atom stereocenters. The van der Waals surface area contributed by atoms with Crippen LogP contribution in [-0.4, -0.2) is 46.9 Å². The highest BCUT2D eigenvalue weighted by atomic mass is 16.5. The molecule has 0 aliphatic carbocycles. The Balaban J connectivity index is 2.42. The number of methoxy groups -OCH3 is 1. The summed E-state index contributed by atoms with van der Waals surface area (Å²) >= 11 is 0. The minimum absolute atomic E-state index is 0.0625. The molecule has 2 aromatic heterocycles. The zero-order valence-corrected chi connectivity index (χ0v) is 10.9. The van der Waals surface area contributed by atoms with E-state index in [4.69, 9.17) is 5.73 Å². The van der Waals surface area contributed by atoms with Crippen molar-refractivity contribution in [1.29, 1.82) is 0 Å². The highest BCUT2D eigenvalue weighted by molar-refractivity contribution is 5.92. The fourth-order valence-corrected chi connectivity index (χ4v) is 1.44. The van der Waals surface area contributed by atoms with Gasteiger partial charge in [-0.25, -0.2) is 14.5 Å². The van der Waals surface area contributed by atoms with Gasteiger partial charge in [-0.2, -0.15) is 10.1 Å². The number of nitrogens with two attached hydrogens (primary N) is 1. The van der Waals surface area contributed by atoms with Crippen LogP contribution in [0.25, 0.3) is 5.82 Å². The molecule has 0 spiro atoms. The molecule has 2 N–H and O–H groups in total. The smallest absolute Gasteiger partial charge is 0.360 e. The van der Waals surface area contributed by atoms with Gasteiger partial charge in [-0.05, 0) is 0 Å². The zero-order chi connectivity index (χ0) is 14.0. The first-order valence-corrected chi connectivity index (χ1v) is 5.47. The van der Waals surface area contributed by atoms with Gasteiger partial charge >= 0.3 is 5.97 Å². The lowest BCUT2D eigenvalue weighted by molar-refractivity contribution is 0.0594. The van der Waals surface area contributed by atoms with Crippen LogP contribution < -0.4 is 10.6 Å². The standard InChI is InChI=1S/C11H14N6O2/c1-16(2)11-13-5-4-8(14-11)17-6-7(12)9(15-17)10(18)19-3/h4-6H,12H2,1-3H3. The van der Waals surface area contributed by atoms with Crippen LogP contribution in [0.15, 0.2) is 18.5 Å². The van der Waals surface area contributed by atoms with E-state index in [1.54, 1.807) is 17.2 Å². The Bertz CT molecular complexity index is 607. The summed E-state index contributed by atoms with van der Waals surface area (Å²) in [6.07, 6.45) is 3.11. The van der Waals surface area contributed by atoms with E-state index in [1.807, 2.05) is 14.1 Å². The van der Waals surface area contributed by atoms with Crippen molar-refractivity contribution in [2.45, 2.75) is 0 Å². The number of anilines is 2. The molecule has 0 unspecified atom stereocenters. The third kappa shape index (κ3) is 2.46. The number of nitrogens with zero attached hydrogens (tertiary/aromatic N) is 5. The van der Waals surface area contributed by atoms with E-state index in [0.29, 0.717) is 11.8 Å². The van der Waals surface area contributed by atoms with Gasteiger partial charge in [-0.3, -0.25) is 0 Å². The van der Waals surface area contributed by atoms with Crippen molar-refractivity contribution in [3.8, 4) is 5.82 Å². The van der Waals surface area contributed by atoms with Gasteiger partial charge in [0, 0.05) is 26.4 Å². The number of aromatic nitrogens is 4. The molecule has 0 aliphatic rings. The number of carbonyl (C=O) groups is 1. The summed E-state index contributed by atoms with van der Waals surface area (Å²) in [4.78, 5) is 21.6. The molecule has 8 heteroatoms. The van der Waals surface area contributed by atoms with E-state index in [0.717, 1.165) is 0 Å². The van der Waals surface area contributed by atoms with Gasteiger partial charge < -0.3 is 15.4 Å². The summed E-state index contributed by atoms with van der Waals surface area (Å²) in [5, 5.41) is 4.06. The molecule has 8 nitrogen and oxygen atoms in total. The second-order valence-corrected chi connectivity index (χ2v) is 3.98. The zero-order valence-electron chi connectivity index (χ0n) is 10.9. The topological polar surface area (TPSA) is 99.2 Å². The first-order chi connectivity index (χ1) is 9.02. The number of hydrogen-bond acceptors (Lipinski definition) is 7. The first kappa shape index (κ1) is 12.8. The van der Waals surface area contributed by atoms with Crippen molar-refractivity contribution >= 4 is 17.6 Å². The number of hydrogen-bond donors (Lipinski definition) is 1. The lowest BCUT2D eigenvalue weighted by Gasteiger charge is -2.10. The van der Waals surface area contributed by atoms with Crippen molar-refractivity contribution in [2.75, 3.05) is 31.8 Å². The predicted octanol–water partition coefficient (Wildman–Crippen LogP) is 0.0971. The van der Waals surface area contributed by atoms with Crippen LogP contribution >= 0.6 is 0 Å². The van der Waals surface area contributed by atoms with Gasteiger partial charge in [0.05, 0.1) is 19.0 Å². The predicted molar refractivity (Wildman–Crippen MR) is 69.2 cm³/mol. The van der Waals surface area contributed by atoms with Crippen molar-refractivity contribution in [1.82, 2.24) is 19.7 Å². The van der Waals surface area contributed by atoms with E-state index in [-0.39, 0.29) is 11.4 Å². The van der Waals surface area contributed by atoms with Crippen molar-refractivity contribution in [2.24, 2.45) is 0 Å². The Morgan fingerprint density at radius 1 is 1.47 bits per heavy atom. The lowest BCUT2D eigenvalue weighted by Crippen LogP contribution is -2.14. The highest BCUT2D eigenvalue weighted by Gasteiger charge is 2.16. The second-order valence-electron chi connectivity index (χ2n) is 3.98. The number of rotatable bonds is 3. The Labute approximate surface area is 109 Å². The molecule has 2 aromatic rings. The molecular weight excluding hydrogens is 248 g/mol. The Kier molecular flexibility index (Phi) is 3.32. The molecule has 0 radical (unpaired) electrons. The average Bonchev–Trinajstić information content (AvgIpc) is 2.80. The van der Waals surface area contributed by atoms with Crippen LogP contribution in [0.4, 0.5) is 11.6 Å². The maximum Gasteiger partial charge on any atom is 0.360 e.